The molecule has 0 saturated heterocycles. The molecule has 0 radical (unpaired) electrons. The standard InChI is InChI=1S/C23H20ClN3O4/c1-13-18(23(31)27(26(13)2)14-8-4-3-5-9-14)19-20(22(30)21(19)29)25-12-17(28)15-10-6-7-11-16(15)24/h3-11,17,25,28H,12H2,1-2H3. The van der Waals surface area contributed by atoms with Gasteiger partial charge in [-0.1, -0.05) is 48.0 Å². The largest absolute Gasteiger partial charge is 0.387 e. The molecule has 0 bridgehead atoms. The highest BCUT2D eigenvalue weighted by Crippen LogP contribution is 2.27. The molecule has 2 N–H and O–H groups in total. The topological polar surface area (TPSA) is 93.3 Å². The van der Waals surface area contributed by atoms with Crippen molar-refractivity contribution in [3.63, 3.8) is 0 Å². The number of nitrogens with zero attached hydrogens (tertiary/aromatic N) is 2. The first-order chi connectivity index (χ1) is 14.8. The fourth-order valence-corrected chi connectivity index (χ4v) is 3.97. The second kappa shape index (κ2) is 8.02. The molecule has 4 aromatic rings. The zero-order valence-electron chi connectivity index (χ0n) is 16.9. The second-order valence-corrected chi connectivity index (χ2v) is 7.67. The first-order valence-corrected chi connectivity index (χ1v) is 10.0. The number of anilines is 1. The number of para-hydroxylation sites is 1. The quantitative estimate of drug-likeness (QED) is 0.452. The number of hydrogen-bond acceptors (Lipinski definition) is 5. The lowest BCUT2D eigenvalue weighted by Crippen LogP contribution is -2.38. The monoisotopic (exact) mass is 437 g/mol. The summed E-state index contributed by atoms with van der Waals surface area (Å²) in [6.45, 7) is 1.68. The third-order valence-corrected chi connectivity index (χ3v) is 5.80. The van der Waals surface area contributed by atoms with Crippen LogP contribution >= 0.6 is 11.6 Å². The molecule has 0 fully saturated rings. The van der Waals surface area contributed by atoms with Crippen molar-refractivity contribution in [1.29, 1.82) is 0 Å². The fraction of sp³-hybridized carbons (Fsp3) is 0.174. The lowest BCUT2D eigenvalue weighted by atomic mass is 9.98. The molecule has 31 heavy (non-hydrogen) atoms. The van der Waals surface area contributed by atoms with Crippen molar-refractivity contribution in [2.45, 2.75) is 13.0 Å². The number of aromatic nitrogens is 2. The lowest BCUT2D eigenvalue weighted by Gasteiger charge is -2.17. The third-order valence-electron chi connectivity index (χ3n) is 5.45. The highest BCUT2D eigenvalue weighted by molar-refractivity contribution is 6.31. The van der Waals surface area contributed by atoms with E-state index in [-0.39, 0.29) is 23.4 Å². The summed E-state index contributed by atoms with van der Waals surface area (Å²) in [4.78, 5) is 37.9. The zero-order chi connectivity index (χ0) is 22.3. The van der Waals surface area contributed by atoms with Gasteiger partial charge in [-0.15, -0.1) is 0 Å². The number of benzene rings is 2. The van der Waals surface area contributed by atoms with Crippen molar-refractivity contribution in [2.24, 2.45) is 7.05 Å². The van der Waals surface area contributed by atoms with Gasteiger partial charge in [-0.2, -0.15) is 0 Å². The highest BCUT2D eigenvalue weighted by atomic mass is 35.5. The van der Waals surface area contributed by atoms with E-state index in [0.717, 1.165) is 0 Å². The average Bonchev–Trinajstić information content (AvgIpc) is 2.99. The van der Waals surface area contributed by atoms with Crippen LogP contribution < -0.4 is 21.7 Å². The Morgan fingerprint density at radius 3 is 2.29 bits per heavy atom. The van der Waals surface area contributed by atoms with E-state index in [9.17, 15) is 19.5 Å². The molecule has 0 spiro atoms. The molecule has 4 rings (SSSR count). The van der Waals surface area contributed by atoms with Crippen LogP contribution in [0, 0.1) is 6.92 Å². The first kappa shape index (κ1) is 20.8. The van der Waals surface area contributed by atoms with Crippen molar-refractivity contribution >= 4 is 17.3 Å². The van der Waals surface area contributed by atoms with E-state index in [2.05, 4.69) is 5.32 Å². The summed E-state index contributed by atoms with van der Waals surface area (Å²) in [5.74, 6) is 0. The fourth-order valence-electron chi connectivity index (χ4n) is 3.71. The minimum absolute atomic E-state index is 0.0297. The molecule has 1 atom stereocenters. The Labute approximate surface area is 182 Å². The highest BCUT2D eigenvalue weighted by Gasteiger charge is 2.29. The first-order valence-electron chi connectivity index (χ1n) is 9.67. The van der Waals surface area contributed by atoms with Gasteiger partial charge >= 0.3 is 0 Å². The molecule has 0 saturated carbocycles. The van der Waals surface area contributed by atoms with E-state index < -0.39 is 22.5 Å². The normalized spacial score (nSPS) is 12.3. The maximum atomic E-state index is 13.2. The van der Waals surface area contributed by atoms with Gasteiger partial charge in [-0.05, 0) is 25.1 Å². The number of rotatable bonds is 6. The average molecular weight is 438 g/mol. The SMILES string of the molecule is Cc1c(-c2c(NCC(O)c3ccccc3Cl)c(=O)c2=O)c(=O)n(-c2ccccc2)n1C. The molecule has 0 aliphatic carbocycles. The van der Waals surface area contributed by atoms with Crippen LogP contribution in [0.5, 0.6) is 0 Å². The third kappa shape index (κ3) is 3.41. The molecule has 3 aromatic carbocycles. The van der Waals surface area contributed by atoms with Gasteiger partial charge < -0.3 is 10.4 Å². The molecule has 0 amide bonds. The van der Waals surface area contributed by atoms with Crippen LogP contribution in [0.2, 0.25) is 5.02 Å². The Morgan fingerprint density at radius 2 is 1.61 bits per heavy atom. The van der Waals surface area contributed by atoms with Gasteiger partial charge in [-0.25, -0.2) is 4.68 Å². The molecule has 1 unspecified atom stereocenters. The predicted molar refractivity (Wildman–Crippen MR) is 121 cm³/mol. The number of nitrogens with one attached hydrogen (secondary N) is 1. The Bertz CT molecular complexity index is 1400. The van der Waals surface area contributed by atoms with Crippen LogP contribution in [0.1, 0.15) is 17.4 Å². The van der Waals surface area contributed by atoms with Crippen molar-refractivity contribution < 1.29 is 5.11 Å². The van der Waals surface area contributed by atoms with Crippen LogP contribution in [0.25, 0.3) is 16.8 Å². The summed E-state index contributed by atoms with van der Waals surface area (Å²) in [6, 6.07) is 15.9. The number of aliphatic hydroxyl groups is 1. The van der Waals surface area contributed by atoms with Crippen LogP contribution in [-0.4, -0.2) is 21.0 Å². The van der Waals surface area contributed by atoms with Crippen LogP contribution in [-0.2, 0) is 7.05 Å². The number of aliphatic hydroxyl groups excluding tert-OH is 1. The summed E-state index contributed by atoms with van der Waals surface area (Å²) >= 11 is 6.11. The minimum Gasteiger partial charge on any atom is -0.387 e. The van der Waals surface area contributed by atoms with Gasteiger partial charge in [0.25, 0.3) is 5.56 Å². The summed E-state index contributed by atoms with van der Waals surface area (Å²) < 4.78 is 3.09. The molecule has 1 heterocycles. The second-order valence-electron chi connectivity index (χ2n) is 7.26. The smallest absolute Gasteiger partial charge is 0.279 e. The van der Waals surface area contributed by atoms with E-state index in [4.69, 9.17) is 11.6 Å². The van der Waals surface area contributed by atoms with E-state index in [1.807, 2.05) is 18.2 Å². The molecule has 0 aliphatic rings. The Kier molecular flexibility index (Phi) is 5.39. The van der Waals surface area contributed by atoms with Crippen molar-refractivity contribution in [3.05, 3.63) is 102 Å². The molecule has 0 aliphatic heterocycles. The summed E-state index contributed by atoms with van der Waals surface area (Å²) in [5, 5.41) is 13.7. The van der Waals surface area contributed by atoms with Crippen molar-refractivity contribution in [2.75, 3.05) is 11.9 Å². The van der Waals surface area contributed by atoms with Crippen LogP contribution in [0.4, 0.5) is 5.69 Å². The molecular formula is C23H20ClN3O4. The van der Waals surface area contributed by atoms with Gasteiger partial charge in [0.15, 0.2) is 0 Å². The van der Waals surface area contributed by atoms with Crippen molar-refractivity contribution in [1.82, 2.24) is 9.36 Å². The van der Waals surface area contributed by atoms with Gasteiger partial charge in [-0.3, -0.25) is 19.1 Å². The Balaban J connectivity index is 1.71. The Hall–Kier alpha value is -3.42. The summed E-state index contributed by atoms with van der Waals surface area (Å²) in [7, 11) is 1.72. The van der Waals surface area contributed by atoms with Crippen LogP contribution in [0.15, 0.2) is 69.0 Å². The van der Waals surface area contributed by atoms with E-state index in [1.54, 1.807) is 55.1 Å². The van der Waals surface area contributed by atoms with Gasteiger partial charge in [0.2, 0.25) is 10.9 Å². The van der Waals surface area contributed by atoms with Gasteiger partial charge in [0.1, 0.15) is 0 Å². The maximum absolute atomic E-state index is 13.2. The summed E-state index contributed by atoms with van der Waals surface area (Å²) in [5.41, 5.74) is 0.113. The Morgan fingerprint density at radius 1 is 0.968 bits per heavy atom. The molecule has 158 valence electrons. The van der Waals surface area contributed by atoms with Crippen molar-refractivity contribution in [3.8, 4) is 16.8 Å². The predicted octanol–water partition coefficient (Wildman–Crippen LogP) is 2.55. The minimum atomic E-state index is -0.996. The van der Waals surface area contributed by atoms with E-state index >= 15 is 0 Å². The maximum Gasteiger partial charge on any atom is 0.279 e. The molecule has 1 aromatic heterocycles. The number of hydrogen-bond donors (Lipinski definition) is 2. The van der Waals surface area contributed by atoms with Crippen LogP contribution in [0.3, 0.4) is 0 Å². The molecular weight excluding hydrogens is 418 g/mol. The van der Waals surface area contributed by atoms with E-state index in [1.165, 1.54) is 4.68 Å². The number of halogens is 1. The molecule has 8 heteroatoms. The van der Waals surface area contributed by atoms with E-state index in [0.29, 0.717) is 22.0 Å². The lowest BCUT2D eigenvalue weighted by molar-refractivity contribution is 0.191. The zero-order valence-corrected chi connectivity index (χ0v) is 17.7. The van der Waals surface area contributed by atoms with Gasteiger partial charge in [0, 0.05) is 29.9 Å². The summed E-state index contributed by atoms with van der Waals surface area (Å²) in [6.07, 6.45) is -0.996. The molecule has 7 nitrogen and oxygen atoms in total. The van der Waals surface area contributed by atoms with Gasteiger partial charge in [0.05, 0.1) is 28.6 Å².